The summed E-state index contributed by atoms with van der Waals surface area (Å²) in [5, 5.41) is 9.72. The topological polar surface area (TPSA) is 119 Å². The van der Waals surface area contributed by atoms with Crippen LogP contribution in [0, 0.1) is 0 Å². The molecule has 3 N–H and O–H groups in total. The molecule has 3 rings (SSSR count). The van der Waals surface area contributed by atoms with E-state index in [0.717, 1.165) is 10.6 Å². The molecular weight excluding hydrogens is 446 g/mol. The molecule has 2 aromatic carbocycles. The van der Waals surface area contributed by atoms with Crippen LogP contribution in [0.4, 0.5) is 13.6 Å². The predicted molar refractivity (Wildman–Crippen MR) is 123 cm³/mol. The molecule has 1 heterocycles. The Bertz CT molecular complexity index is 1310. The maximum Gasteiger partial charge on any atom is 0.408 e. The minimum atomic E-state index is -2.93. The van der Waals surface area contributed by atoms with E-state index in [4.69, 9.17) is 5.73 Å². The van der Waals surface area contributed by atoms with Crippen LogP contribution in [-0.4, -0.2) is 37.1 Å². The molecule has 1 atom stereocenters. The molecule has 0 bridgehead atoms. The van der Waals surface area contributed by atoms with E-state index in [9.17, 15) is 28.3 Å². The third kappa shape index (κ3) is 4.48. The van der Waals surface area contributed by atoms with Crippen molar-refractivity contribution in [2.45, 2.75) is 52.1 Å². The molecule has 0 aliphatic heterocycles. The number of rotatable bonds is 6. The Hall–Kier alpha value is -3.82. The molecular formula is C24H26F2N4O4. The first-order chi connectivity index (χ1) is 15.9. The van der Waals surface area contributed by atoms with E-state index in [1.165, 1.54) is 41.3 Å². The number of carboxylic acid groups (broad SMARTS) is 1. The number of aromatic nitrogens is 2. The highest BCUT2D eigenvalue weighted by Gasteiger charge is 2.36. The van der Waals surface area contributed by atoms with E-state index >= 15 is 0 Å². The van der Waals surface area contributed by atoms with E-state index in [0.29, 0.717) is 0 Å². The van der Waals surface area contributed by atoms with Gasteiger partial charge < -0.3 is 10.8 Å². The summed E-state index contributed by atoms with van der Waals surface area (Å²) in [7, 11) is 0. The van der Waals surface area contributed by atoms with Crippen molar-refractivity contribution < 1.29 is 23.5 Å². The van der Waals surface area contributed by atoms with Gasteiger partial charge in [0.25, 0.3) is 12.0 Å². The van der Waals surface area contributed by atoms with Crippen LogP contribution in [0.1, 0.15) is 68.3 Å². The third-order valence-electron chi connectivity index (χ3n) is 5.50. The number of nitrogens with zero attached hydrogens (tertiary/aromatic N) is 3. The number of benzene rings is 2. The molecule has 0 aliphatic carbocycles. The highest BCUT2D eigenvalue weighted by atomic mass is 19.3. The van der Waals surface area contributed by atoms with Gasteiger partial charge in [-0.2, -0.15) is 0 Å². The van der Waals surface area contributed by atoms with Crippen LogP contribution in [0.3, 0.4) is 0 Å². The Morgan fingerprint density at radius 3 is 2.35 bits per heavy atom. The maximum atomic E-state index is 13.8. The molecule has 0 saturated carbocycles. The molecule has 1 aromatic heterocycles. The van der Waals surface area contributed by atoms with Gasteiger partial charge in [-0.05, 0) is 51.5 Å². The molecule has 3 aromatic rings. The molecule has 8 nitrogen and oxygen atoms in total. The van der Waals surface area contributed by atoms with Crippen molar-refractivity contribution in [1.29, 1.82) is 0 Å². The van der Waals surface area contributed by atoms with Crippen molar-refractivity contribution in [3.05, 3.63) is 69.8 Å². The number of alkyl halides is 2. The molecule has 0 unspecified atom stereocenters. The molecule has 2 amide bonds. The summed E-state index contributed by atoms with van der Waals surface area (Å²) in [6.45, 7) is 6.85. The van der Waals surface area contributed by atoms with E-state index in [1.807, 2.05) is 0 Å². The summed E-state index contributed by atoms with van der Waals surface area (Å²) < 4.78 is 28.6. The summed E-state index contributed by atoms with van der Waals surface area (Å²) >= 11 is 0. The van der Waals surface area contributed by atoms with Gasteiger partial charge in [-0.25, -0.2) is 18.6 Å². The highest BCUT2D eigenvalue weighted by molar-refractivity contribution is 5.93. The first-order valence-electron chi connectivity index (χ1n) is 10.6. The highest BCUT2D eigenvalue weighted by Crippen LogP contribution is 2.33. The quantitative estimate of drug-likeness (QED) is 0.541. The van der Waals surface area contributed by atoms with Crippen LogP contribution in [0.2, 0.25) is 0 Å². The number of nitrogens with two attached hydrogens (primary N) is 1. The number of amides is 2. The zero-order chi connectivity index (χ0) is 25.4. The van der Waals surface area contributed by atoms with Crippen LogP contribution < -0.4 is 11.3 Å². The molecule has 0 fully saturated rings. The standard InChI is InChI=1S/C24H26F2N4O4/c1-5-17(30(23(33)34)24(2,3)4)21-28-16-11-7-10-15(19(25)26)18(16)22(32)29(21)14-9-6-8-13(12-14)20(27)31/h6-12,17,19H,5H2,1-4H3,(H2,27,31)(H,33,34)/t17-/m0/s1. The molecule has 0 aliphatic rings. The van der Waals surface area contributed by atoms with Gasteiger partial charge in [0.1, 0.15) is 5.82 Å². The Morgan fingerprint density at radius 2 is 1.82 bits per heavy atom. The second-order valence-electron chi connectivity index (χ2n) is 8.81. The molecule has 180 valence electrons. The number of carbonyl (C=O) groups excluding carboxylic acids is 1. The summed E-state index contributed by atoms with van der Waals surface area (Å²) in [6.07, 6.45) is -3.92. The Kier molecular flexibility index (Phi) is 6.72. The van der Waals surface area contributed by atoms with E-state index in [1.54, 1.807) is 27.7 Å². The molecule has 0 radical (unpaired) electrons. The minimum absolute atomic E-state index is 0.0257. The van der Waals surface area contributed by atoms with Crippen LogP contribution >= 0.6 is 0 Å². The van der Waals surface area contributed by atoms with Crippen LogP contribution in [0.5, 0.6) is 0 Å². The van der Waals surface area contributed by atoms with E-state index < -0.39 is 41.1 Å². The second kappa shape index (κ2) is 9.20. The van der Waals surface area contributed by atoms with Gasteiger partial charge in [0.15, 0.2) is 0 Å². The fourth-order valence-corrected chi connectivity index (χ4v) is 4.09. The molecule has 0 spiro atoms. The van der Waals surface area contributed by atoms with E-state index in [-0.39, 0.29) is 34.4 Å². The largest absolute Gasteiger partial charge is 0.465 e. The smallest absolute Gasteiger partial charge is 0.408 e. The van der Waals surface area contributed by atoms with Crippen molar-refractivity contribution in [2.75, 3.05) is 0 Å². The van der Waals surface area contributed by atoms with Crippen molar-refractivity contribution in [2.24, 2.45) is 5.73 Å². The lowest BCUT2D eigenvalue weighted by atomic mass is 10.0. The average Bonchev–Trinajstić information content (AvgIpc) is 2.75. The lowest BCUT2D eigenvalue weighted by Gasteiger charge is -2.39. The summed E-state index contributed by atoms with van der Waals surface area (Å²) in [5.74, 6) is -0.697. The lowest BCUT2D eigenvalue weighted by Crippen LogP contribution is -2.48. The number of hydrogen-bond donors (Lipinski definition) is 2. The number of carbonyl (C=O) groups is 2. The van der Waals surface area contributed by atoms with Gasteiger partial charge in [0.05, 0.1) is 22.6 Å². The second-order valence-corrected chi connectivity index (χ2v) is 8.81. The van der Waals surface area contributed by atoms with Crippen LogP contribution in [0.25, 0.3) is 16.6 Å². The summed E-state index contributed by atoms with van der Waals surface area (Å²) in [6, 6.07) is 8.85. The number of halogens is 2. The fourth-order valence-electron chi connectivity index (χ4n) is 4.09. The number of primary amides is 1. The first-order valence-corrected chi connectivity index (χ1v) is 10.6. The molecule has 34 heavy (non-hydrogen) atoms. The van der Waals surface area contributed by atoms with Crippen molar-refractivity contribution in [3.63, 3.8) is 0 Å². The first kappa shape index (κ1) is 24.8. The van der Waals surface area contributed by atoms with Gasteiger partial charge >= 0.3 is 6.09 Å². The summed E-state index contributed by atoms with van der Waals surface area (Å²) in [4.78, 5) is 43.4. The lowest BCUT2D eigenvalue weighted by molar-refractivity contribution is 0.0646. The van der Waals surface area contributed by atoms with Crippen molar-refractivity contribution in [3.8, 4) is 5.69 Å². The number of hydrogen-bond acceptors (Lipinski definition) is 4. The van der Waals surface area contributed by atoms with Gasteiger partial charge in [0.2, 0.25) is 5.91 Å². The normalized spacial score (nSPS) is 12.7. The minimum Gasteiger partial charge on any atom is -0.465 e. The molecule has 0 saturated heterocycles. The summed E-state index contributed by atoms with van der Waals surface area (Å²) in [5.41, 5.74) is 3.52. The number of fused-ring (bicyclic) bond motifs is 1. The Morgan fingerprint density at radius 1 is 1.18 bits per heavy atom. The predicted octanol–water partition coefficient (Wildman–Crippen LogP) is 4.65. The van der Waals surface area contributed by atoms with E-state index in [2.05, 4.69) is 4.98 Å². The Labute approximate surface area is 194 Å². The fraction of sp³-hybridized carbons (Fsp3) is 0.333. The van der Waals surface area contributed by atoms with Gasteiger partial charge in [-0.1, -0.05) is 25.1 Å². The Balaban J connectivity index is 2.49. The van der Waals surface area contributed by atoms with Gasteiger partial charge in [0, 0.05) is 16.7 Å². The van der Waals surface area contributed by atoms with Gasteiger partial charge in [-0.3, -0.25) is 19.1 Å². The molecule has 10 heteroatoms. The van der Waals surface area contributed by atoms with Crippen LogP contribution in [0.15, 0.2) is 47.3 Å². The maximum absolute atomic E-state index is 13.8. The zero-order valence-corrected chi connectivity index (χ0v) is 19.3. The van der Waals surface area contributed by atoms with Crippen molar-refractivity contribution >= 4 is 22.9 Å². The van der Waals surface area contributed by atoms with Gasteiger partial charge in [-0.15, -0.1) is 0 Å². The average molecular weight is 472 g/mol. The SMILES string of the molecule is CC[C@@H](c1nc2cccc(C(F)F)c2c(=O)n1-c1cccc(C(N)=O)c1)N(C(=O)O)C(C)(C)C. The monoisotopic (exact) mass is 472 g/mol. The van der Waals surface area contributed by atoms with Crippen molar-refractivity contribution in [1.82, 2.24) is 14.5 Å². The van der Waals surface area contributed by atoms with Crippen LogP contribution in [-0.2, 0) is 0 Å². The third-order valence-corrected chi connectivity index (χ3v) is 5.50. The zero-order valence-electron chi connectivity index (χ0n) is 19.3.